The van der Waals surface area contributed by atoms with Crippen molar-refractivity contribution in [2.24, 2.45) is 5.41 Å². The van der Waals surface area contributed by atoms with Crippen LogP contribution in [0.1, 0.15) is 40.0 Å². The molecule has 5 rings (SSSR count). The van der Waals surface area contributed by atoms with Crippen LogP contribution in [-0.4, -0.2) is 75.5 Å². The molecule has 0 spiro atoms. The number of hydrogen-bond donors (Lipinski definition) is 0. The first-order chi connectivity index (χ1) is 11.2. The van der Waals surface area contributed by atoms with Crippen molar-refractivity contribution in [3.8, 4) is 0 Å². The number of ether oxygens (including phenoxy) is 1. The van der Waals surface area contributed by atoms with E-state index in [1.807, 2.05) is 25.7 Å². The van der Waals surface area contributed by atoms with Gasteiger partial charge in [-0.05, 0) is 45.4 Å². The Balaban J connectivity index is 1.40. The number of hydrogen-bond acceptors (Lipinski definition) is 3. The molecule has 6 nitrogen and oxygen atoms in total. The highest BCUT2D eigenvalue weighted by Crippen LogP contribution is 2.70. The van der Waals surface area contributed by atoms with Crippen LogP contribution in [0.4, 0.5) is 9.59 Å². The minimum absolute atomic E-state index is 0.104. The highest BCUT2D eigenvalue weighted by molar-refractivity contribution is 9.09. The van der Waals surface area contributed by atoms with Gasteiger partial charge in [-0.3, -0.25) is 0 Å². The standard InChI is InChI=1S/C17H26BrN3O3/c1-15(2,3)24-14(23)19-4-5-20-12(6-19)7-21(13(20)22)17-8-16(9-17,10-17)11-18/h12H,4-11H2,1-3H3/t12-,16?,17?/m0/s1. The van der Waals surface area contributed by atoms with E-state index in [9.17, 15) is 9.59 Å². The predicted octanol–water partition coefficient (Wildman–Crippen LogP) is 2.66. The Morgan fingerprint density at radius 1 is 1.25 bits per heavy atom. The fraction of sp³-hybridized carbons (Fsp3) is 0.882. The van der Waals surface area contributed by atoms with E-state index in [1.54, 1.807) is 4.90 Å². The first kappa shape index (κ1) is 16.5. The minimum Gasteiger partial charge on any atom is -0.444 e. The van der Waals surface area contributed by atoms with Gasteiger partial charge in [0.1, 0.15) is 5.60 Å². The number of urea groups is 1. The molecular weight excluding hydrogens is 374 g/mol. The topological polar surface area (TPSA) is 53.1 Å². The summed E-state index contributed by atoms with van der Waals surface area (Å²) in [7, 11) is 0. The number of fused-ring (bicyclic) bond motifs is 1. The van der Waals surface area contributed by atoms with Gasteiger partial charge in [0.2, 0.25) is 0 Å². The lowest BCUT2D eigenvalue weighted by Gasteiger charge is -2.73. The van der Waals surface area contributed by atoms with Crippen molar-refractivity contribution >= 4 is 28.1 Å². The highest BCUT2D eigenvalue weighted by atomic mass is 79.9. The van der Waals surface area contributed by atoms with Crippen molar-refractivity contribution in [2.75, 3.05) is 31.5 Å². The lowest BCUT2D eigenvalue weighted by molar-refractivity contribution is -0.184. The third kappa shape index (κ3) is 2.34. The zero-order valence-corrected chi connectivity index (χ0v) is 16.3. The molecule has 2 bridgehead atoms. The van der Waals surface area contributed by atoms with Crippen LogP contribution >= 0.6 is 15.9 Å². The Labute approximate surface area is 151 Å². The van der Waals surface area contributed by atoms with Crippen molar-refractivity contribution in [1.29, 1.82) is 0 Å². The molecule has 0 N–H and O–H groups in total. The Kier molecular flexibility index (Phi) is 3.45. The van der Waals surface area contributed by atoms with E-state index in [0.717, 1.165) is 31.1 Å². The van der Waals surface area contributed by atoms with E-state index in [1.165, 1.54) is 0 Å². The largest absolute Gasteiger partial charge is 0.444 e. The zero-order chi connectivity index (χ0) is 17.3. The zero-order valence-electron chi connectivity index (χ0n) is 14.7. The van der Waals surface area contributed by atoms with E-state index in [2.05, 4.69) is 20.8 Å². The van der Waals surface area contributed by atoms with Gasteiger partial charge in [0, 0.05) is 37.0 Å². The maximum absolute atomic E-state index is 12.8. The molecule has 1 atom stereocenters. The lowest BCUT2D eigenvalue weighted by Crippen LogP contribution is -2.75. The van der Waals surface area contributed by atoms with Crippen molar-refractivity contribution in [3.05, 3.63) is 0 Å². The van der Waals surface area contributed by atoms with Gasteiger partial charge in [0.05, 0.1) is 6.04 Å². The van der Waals surface area contributed by atoms with Gasteiger partial charge in [0.15, 0.2) is 0 Å². The number of carbonyl (C=O) groups is 2. The summed E-state index contributed by atoms with van der Waals surface area (Å²) in [6.45, 7) is 8.13. The molecule has 0 radical (unpaired) electrons. The summed E-state index contributed by atoms with van der Waals surface area (Å²) in [5.74, 6) is 0. The van der Waals surface area contributed by atoms with Gasteiger partial charge in [-0.15, -0.1) is 0 Å². The fourth-order valence-corrected chi connectivity index (χ4v) is 5.56. The Morgan fingerprint density at radius 3 is 2.50 bits per heavy atom. The summed E-state index contributed by atoms with van der Waals surface area (Å²) in [5, 5.41) is 1.04. The summed E-state index contributed by atoms with van der Waals surface area (Å²) in [6.07, 6.45) is 3.13. The van der Waals surface area contributed by atoms with E-state index >= 15 is 0 Å². The molecule has 3 amide bonds. The van der Waals surface area contributed by atoms with Gasteiger partial charge in [-0.1, -0.05) is 15.9 Å². The normalized spacial score (nSPS) is 37.8. The first-order valence-electron chi connectivity index (χ1n) is 8.79. The predicted molar refractivity (Wildman–Crippen MR) is 93.2 cm³/mol. The van der Waals surface area contributed by atoms with E-state index < -0.39 is 5.60 Å². The minimum atomic E-state index is -0.485. The number of piperazine rings is 1. The molecule has 0 aromatic heterocycles. The summed E-state index contributed by atoms with van der Waals surface area (Å²) >= 11 is 3.60. The number of carbonyl (C=O) groups excluding carboxylic acids is 2. The number of alkyl halides is 1. The average molecular weight is 400 g/mol. The van der Waals surface area contributed by atoms with Crippen LogP contribution in [0.2, 0.25) is 0 Å². The van der Waals surface area contributed by atoms with Gasteiger partial charge in [-0.25, -0.2) is 9.59 Å². The van der Waals surface area contributed by atoms with Crippen LogP contribution in [0, 0.1) is 5.41 Å². The van der Waals surface area contributed by atoms with Gasteiger partial charge < -0.3 is 19.4 Å². The highest BCUT2D eigenvalue weighted by Gasteiger charge is 2.71. The molecule has 2 heterocycles. The first-order valence-corrected chi connectivity index (χ1v) is 9.91. The van der Waals surface area contributed by atoms with Crippen LogP contribution in [0.5, 0.6) is 0 Å². The number of rotatable bonds is 2. The molecular formula is C17H26BrN3O3. The van der Waals surface area contributed by atoms with Crippen LogP contribution in [0.3, 0.4) is 0 Å². The second kappa shape index (κ2) is 5.02. The molecule has 0 aromatic rings. The van der Waals surface area contributed by atoms with Crippen molar-refractivity contribution in [1.82, 2.24) is 14.7 Å². The maximum atomic E-state index is 12.8. The molecule has 5 aliphatic rings. The van der Waals surface area contributed by atoms with Crippen LogP contribution < -0.4 is 0 Å². The van der Waals surface area contributed by atoms with E-state index in [0.29, 0.717) is 25.0 Å². The third-order valence-electron chi connectivity index (χ3n) is 5.97. The smallest absolute Gasteiger partial charge is 0.410 e. The molecule has 0 unspecified atom stereocenters. The quantitative estimate of drug-likeness (QED) is 0.670. The van der Waals surface area contributed by atoms with Crippen molar-refractivity contribution in [3.63, 3.8) is 0 Å². The average Bonchev–Trinajstić information content (AvgIpc) is 2.72. The SMILES string of the molecule is CC(C)(C)OC(=O)N1CCN2C(=O)N(C34CC(CBr)(C3)C4)C[C@@H]2C1. The molecule has 7 heteroatoms. The monoisotopic (exact) mass is 399 g/mol. The maximum Gasteiger partial charge on any atom is 0.410 e. The Hall–Kier alpha value is -0.980. The van der Waals surface area contributed by atoms with Gasteiger partial charge >= 0.3 is 12.1 Å². The molecule has 2 saturated heterocycles. The number of halogens is 1. The summed E-state index contributed by atoms with van der Waals surface area (Å²) in [4.78, 5) is 30.9. The molecule has 24 heavy (non-hydrogen) atoms. The number of amides is 3. The van der Waals surface area contributed by atoms with Crippen LogP contribution in [0.25, 0.3) is 0 Å². The molecule has 3 aliphatic carbocycles. The van der Waals surface area contributed by atoms with E-state index in [-0.39, 0.29) is 23.7 Å². The molecule has 134 valence electrons. The van der Waals surface area contributed by atoms with Gasteiger partial charge in [0.25, 0.3) is 0 Å². The molecule has 2 aliphatic heterocycles. The second-order valence-corrected chi connectivity index (χ2v) is 9.62. The summed E-state index contributed by atoms with van der Waals surface area (Å²) < 4.78 is 5.48. The van der Waals surface area contributed by atoms with Crippen LogP contribution in [0.15, 0.2) is 0 Å². The molecule has 5 fully saturated rings. The van der Waals surface area contributed by atoms with E-state index in [4.69, 9.17) is 4.74 Å². The molecule has 3 saturated carbocycles. The molecule has 0 aromatic carbocycles. The summed E-state index contributed by atoms with van der Waals surface area (Å²) in [5.41, 5.74) is 0.0758. The Morgan fingerprint density at radius 2 is 1.92 bits per heavy atom. The Bertz CT molecular complexity index is 568. The fourth-order valence-electron chi connectivity index (χ4n) is 4.96. The van der Waals surface area contributed by atoms with Crippen LogP contribution in [-0.2, 0) is 4.74 Å². The number of nitrogens with zero attached hydrogens (tertiary/aromatic N) is 3. The van der Waals surface area contributed by atoms with Crippen molar-refractivity contribution in [2.45, 2.75) is 57.2 Å². The second-order valence-electron chi connectivity index (χ2n) is 9.06. The lowest BCUT2D eigenvalue weighted by atomic mass is 9.39. The van der Waals surface area contributed by atoms with Gasteiger partial charge in [-0.2, -0.15) is 0 Å². The third-order valence-corrected chi connectivity index (χ3v) is 7.16. The van der Waals surface area contributed by atoms with Crippen molar-refractivity contribution < 1.29 is 14.3 Å². The summed E-state index contributed by atoms with van der Waals surface area (Å²) in [6, 6.07) is 0.277.